The molecule has 1 aliphatic rings. The van der Waals surface area contributed by atoms with Crippen molar-refractivity contribution in [3.05, 3.63) is 36.2 Å². The Morgan fingerprint density at radius 3 is 2.58 bits per heavy atom. The molecule has 4 unspecified atom stereocenters. The van der Waals surface area contributed by atoms with Gasteiger partial charge in [-0.1, -0.05) is 25.6 Å². The number of hydrogen-bond acceptors (Lipinski definition) is 13. The molecule has 0 amide bonds. The van der Waals surface area contributed by atoms with Crippen LogP contribution < -0.4 is 10.5 Å². The summed E-state index contributed by atoms with van der Waals surface area (Å²) in [4.78, 5) is 37.1. The van der Waals surface area contributed by atoms with Crippen LogP contribution in [0.15, 0.2) is 35.7 Å². The van der Waals surface area contributed by atoms with Crippen LogP contribution in [0.2, 0.25) is 0 Å². The molecule has 13 nitrogen and oxygen atoms in total. The first-order valence-corrected chi connectivity index (χ1v) is 12.8. The number of nitrogens with zero attached hydrogens (tertiary/aromatic N) is 4. The molecule has 1 saturated heterocycles. The number of hydrogen-bond donors (Lipinski definition) is 4. The molecule has 4 rings (SSSR count). The van der Waals surface area contributed by atoms with E-state index in [1.807, 2.05) is 13.8 Å². The van der Waals surface area contributed by atoms with Crippen LogP contribution in [0.3, 0.4) is 0 Å². The molecule has 2 aromatic heterocycles. The van der Waals surface area contributed by atoms with Crippen LogP contribution in [0.4, 0.5) is 5.82 Å². The average Bonchev–Trinajstić information content (AvgIpc) is 3.42. The van der Waals surface area contributed by atoms with Gasteiger partial charge < -0.3 is 35.3 Å². The molecular weight excluding hydrogens is 518 g/mol. The van der Waals surface area contributed by atoms with Gasteiger partial charge in [0.05, 0.1) is 24.5 Å². The molecule has 0 radical (unpaired) electrons. The van der Waals surface area contributed by atoms with Crippen molar-refractivity contribution in [2.24, 2.45) is 5.92 Å². The first kappa shape index (κ1) is 27.7. The maximum Gasteiger partial charge on any atom is 0.338 e. The van der Waals surface area contributed by atoms with Crippen LogP contribution in [-0.4, -0.2) is 90.5 Å². The number of carbonyl (C=O) groups excluding carboxylic acids is 2. The zero-order valence-corrected chi connectivity index (χ0v) is 21.6. The maximum absolute atomic E-state index is 12.6. The summed E-state index contributed by atoms with van der Waals surface area (Å²) in [5.74, 6) is -0.0223. The largest absolute Gasteiger partial charge is 0.486 e. The number of aliphatic hydroxyl groups is 3. The van der Waals surface area contributed by atoms with Crippen LogP contribution in [0.5, 0.6) is 5.75 Å². The lowest BCUT2D eigenvalue weighted by Gasteiger charge is -2.19. The number of benzene rings is 1. The minimum Gasteiger partial charge on any atom is -0.486 e. The zero-order chi connectivity index (χ0) is 27.4. The van der Waals surface area contributed by atoms with Crippen LogP contribution in [0, 0.1) is 5.92 Å². The number of nitrogen functional groups attached to an aromatic ring is 1. The van der Waals surface area contributed by atoms with E-state index in [1.54, 1.807) is 24.3 Å². The van der Waals surface area contributed by atoms with Crippen LogP contribution >= 0.6 is 11.8 Å². The third-order valence-corrected chi connectivity index (χ3v) is 6.66. The van der Waals surface area contributed by atoms with Crippen molar-refractivity contribution in [1.82, 2.24) is 19.5 Å². The first-order valence-electron chi connectivity index (χ1n) is 11.8. The Labute approximate surface area is 221 Å². The number of thioether (sulfide) groups is 1. The van der Waals surface area contributed by atoms with Crippen molar-refractivity contribution in [3.8, 4) is 5.75 Å². The Hall–Kier alpha value is -3.30. The van der Waals surface area contributed by atoms with Gasteiger partial charge in [-0.05, 0) is 30.2 Å². The van der Waals surface area contributed by atoms with Gasteiger partial charge in [-0.15, -0.1) is 0 Å². The van der Waals surface area contributed by atoms with E-state index >= 15 is 0 Å². The van der Waals surface area contributed by atoms with Gasteiger partial charge in [0.1, 0.15) is 37.0 Å². The van der Waals surface area contributed by atoms with Crippen molar-refractivity contribution >= 4 is 40.5 Å². The highest BCUT2D eigenvalue weighted by Crippen LogP contribution is 2.36. The van der Waals surface area contributed by atoms with Gasteiger partial charge in [0.25, 0.3) is 0 Å². The number of ketones is 1. The number of esters is 1. The standard InChI is InChI=1S/C24H29N5O8S/c1-12(2)8-36-23(34)13-3-5-15(6-4-13)35-9-14(31)10-38-24-28-17-20(25)26-11-27-21(17)29(24)22-19(33)18(32)16(7-30)37-22/h3-6,11-12,16,18-19,22,30,32-33H,7-10H2,1-2H3,(H2,25,26,27). The van der Waals surface area contributed by atoms with Crippen molar-refractivity contribution in [3.63, 3.8) is 0 Å². The number of rotatable bonds is 11. The number of ether oxygens (including phenoxy) is 3. The van der Waals surface area contributed by atoms with E-state index in [1.165, 1.54) is 10.9 Å². The van der Waals surface area contributed by atoms with Crippen LogP contribution in [0.1, 0.15) is 30.4 Å². The Balaban J connectivity index is 1.41. The van der Waals surface area contributed by atoms with E-state index in [0.717, 1.165) is 11.8 Å². The molecule has 3 aromatic rings. The van der Waals surface area contributed by atoms with Gasteiger partial charge in [0, 0.05) is 0 Å². The van der Waals surface area contributed by atoms with Gasteiger partial charge in [-0.25, -0.2) is 19.7 Å². The maximum atomic E-state index is 12.6. The Bertz CT molecular complexity index is 1280. The minimum absolute atomic E-state index is 0.0505. The number of Topliss-reactive ketones (excluding diaryl/α,β-unsaturated/α-hetero) is 1. The molecule has 4 atom stereocenters. The lowest BCUT2D eigenvalue weighted by molar-refractivity contribution is -0.118. The number of aromatic nitrogens is 4. The molecule has 38 heavy (non-hydrogen) atoms. The predicted octanol–water partition coefficient (Wildman–Crippen LogP) is 0.573. The topological polar surface area (TPSA) is 192 Å². The summed E-state index contributed by atoms with van der Waals surface area (Å²) in [6.07, 6.45) is -3.63. The fourth-order valence-electron chi connectivity index (χ4n) is 3.69. The van der Waals surface area contributed by atoms with Gasteiger partial charge in [0.15, 0.2) is 34.1 Å². The third kappa shape index (κ3) is 6.05. The number of carbonyl (C=O) groups is 2. The predicted molar refractivity (Wildman–Crippen MR) is 136 cm³/mol. The Kier molecular flexibility index (Phi) is 8.79. The summed E-state index contributed by atoms with van der Waals surface area (Å²) in [6.45, 7) is 3.48. The van der Waals surface area contributed by atoms with E-state index < -0.39 is 37.1 Å². The second-order valence-corrected chi connectivity index (χ2v) is 10.00. The lowest BCUT2D eigenvalue weighted by atomic mass is 10.1. The van der Waals surface area contributed by atoms with Crippen molar-refractivity contribution in [2.75, 3.05) is 31.3 Å². The van der Waals surface area contributed by atoms with Gasteiger partial charge >= 0.3 is 5.97 Å². The molecule has 14 heteroatoms. The molecule has 0 bridgehead atoms. The molecule has 1 aromatic carbocycles. The highest BCUT2D eigenvalue weighted by Gasteiger charge is 2.45. The Morgan fingerprint density at radius 1 is 1.18 bits per heavy atom. The Morgan fingerprint density at radius 2 is 1.92 bits per heavy atom. The van der Waals surface area contributed by atoms with Gasteiger partial charge in [-0.3, -0.25) is 9.36 Å². The highest BCUT2D eigenvalue weighted by molar-refractivity contribution is 7.99. The summed E-state index contributed by atoms with van der Waals surface area (Å²) in [5, 5.41) is 30.5. The number of nitrogens with two attached hydrogens (primary N) is 1. The summed E-state index contributed by atoms with van der Waals surface area (Å²) in [6, 6.07) is 6.28. The normalized spacial score (nSPS) is 21.2. The first-order chi connectivity index (χ1) is 18.2. The van der Waals surface area contributed by atoms with Gasteiger partial charge in [-0.2, -0.15) is 0 Å². The SMILES string of the molecule is CC(C)COC(=O)c1ccc(OCC(=O)CSc2nc3c(N)ncnc3n2C2OC(CO)C(O)C2O)cc1. The molecule has 3 heterocycles. The highest BCUT2D eigenvalue weighted by atomic mass is 32.2. The molecule has 1 fully saturated rings. The second kappa shape index (κ2) is 12.0. The fraction of sp³-hybridized carbons (Fsp3) is 0.458. The molecule has 0 saturated carbocycles. The van der Waals surface area contributed by atoms with Crippen LogP contribution in [-0.2, 0) is 14.3 Å². The third-order valence-electron chi connectivity index (χ3n) is 5.64. The number of imidazole rings is 1. The summed E-state index contributed by atoms with van der Waals surface area (Å²) < 4.78 is 17.8. The van der Waals surface area contributed by atoms with E-state index in [9.17, 15) is 24.9 Å². The summed E-state index contributed by atoms with van der Waals surface area (Å²) >= 11 is 1.04. The van der Waals surface area contributed by atoms with Crippen molar-refractivity contribution in [1.29, 1.82) is 0 Å². The van der Waals surface area contributed by atoms with Crippen molar-refractivity contribution < 1.29 is 39.1 Å². The molecule has 1 aliphatic heterocycles. The second-order valence-electron chi connectivity index (χ2n) is 9.06. The van der Waals surface area contributed by atoms with E-state index in [0.29, 0.717) is 17.9 Å². The minimum atomic E-state index is -1.38. The summed E-state index contributed by atoms with van der Waals surface area (Å²) in [7, 11) is 0. The molecular formula is C24H29N5O8S. The monoisotopic (exact) mass is 547 g/mol. The van der Waals surface area contributed by atoms with E-state index in [4.69, 9.17) is 19.9 Å². The average molecular weight is 548 g/mol. The van der Waals surface area contributed by atoms with Crippen molar-refractivity contribution in [2.45, 2.75) is 43.5 Å². The number of fused-ring (bicyclic) bond motifs is 1. The smallest absolute Gasteiger partial charge is 0.338 e. The fourth-order valence-corrected chi connectivity index (χ4v) is 4.55. The number of anilines is 1. The van der Waals surface area contributed by atoms with E-state index in [2.05, 4.69) is 15.0 Å². The number of aliphatic hydroxyl groups excluding tert-OH is 3. The molecule has 0 aliphatic carbocycles. The quantitative estimate of drug-likeness (QED) is 0.193. The van der Waals surface area contributed by atoms with E-state index in [-0.39, 0.29) is 46.2 Å². The van der Waals surface area contributed by atoms with Crippen LogP contribution in [0.25, 0.3) is 11.2 Å². The van der Waals surface area contributed by atoms with Gasteiger partial charge in [0.2, 0.25) is 0 Å². The lowest BCUT2D eigenvalue weighted by Crippen LogP contribution is -2.33. The summed E-state index contributed by atoms with van der Waals surface area (Å²) in [5.41, 5.74) is 6.80. The molecule has 204 valence electrons. The molecule has 5 N–H and O–H groups in total. The zero-order valence-electron chi connectivity index (χ0n) is 20.8. The molecule has 0 spiro atoms.